The third-order valence-electron chi connectivity index (χ3n) is 4.16. The van der Waals surface area contributed by atoms with E-state index in [0.29, 0.717) is 24.6 Å². The molecule has 1 heterocycles. The molecular weight excluding hydrogens is 501 g/mol. The molecule has 6 nitrogen and oxygen atoms in total. The Bertz CT molecular complexity index is 799. The van der Waals surface area contributed by atoms with Crippen LogP contribution in [0, 0.1) is 5.41 Å². The third kappa shape index (κ3) is 9.45. The van der Waals surface area contributed by atoms with Gasteiger partial charge < -0.3 is 16.0 Å². The van der Waals surface area contributed by atoms with Gasteiger partial charge in [0.1, 0.15) is 0 Å². The lowest BCUT2D eigenvalue weighted by Crippen LogP contribution is -2.45. The molecule has 0 spiro atoms. The Morgan fingerprint density at radius 3 is 2.55 bits per heavy atom. The quantitative estimate of drug-likeness (QED) is 0.212. The van der Waals surface area contributed by atoms with Crippen LogP contribution in [-0.4, -0.2) is 43.5 Å². The predicted molar refractivity (Wildman–Crippen MR) is 130 cm³/mol. The van der Waals surface area contributed by atoms with E-state index in [4.69, 9.17) is 11.6 Å². The fourth-order valence-electron chi connectivity index (χ4n) is 2.76. The zero-order valence-electron chi connectivity index (χ0n) is 17.0. The number of aromatic nitrogens is 1. The Morgan fingerprint density at radius 2 is 1.90 bits per heavy atom. The van der Waals surface area contributed by atoms with E-state index >= 15 is 0 Å². The topological polar surface area (TPSA) is 78.4 Å². The van der Waals surface area contributed by atoms with Gasteiger partial charge in [-0.1, -0.05) is 37.6 Å². The maximum absolute atomic E-state index is 12.0. The minimum absolute atomic E-state index is 0. The number of hydrogen-bond acceptors (Lipinski definition) is 3. The first-order chi connectivity index (χ1) is 13.4. The number of carbonyl (C=O) groups is 1. The smallest absolute Gasteiger partial charge is 0.252 e. The van der Waals surface area contributed by atoms with Crippen molar-refractivity contribution < 1.29 is 4.79 Å². The summed E-state index contributed by atoms with van der Waals surface area (Å²) in [4.78, 5) is 20.2. The molecule has 1 aromatic carbocycles. The third-order valence-corrected chi connectivity index (χ3v) is 4.39. The first-order valence-electron chi connectivity index (χ1n) is 9.27. The van der Waals surface area contributed by atoms with Crippen LogP contribution in [0.4, 0.5) is 0 Å². The molecule has 0 radical (unpaired) electrons. The van der Waals surface area contributed by atoms with Gasteiger partial charge in [0.2, 0.25) is 0 Å². The van der Waals surface area contributed by atoms with Crippen LogP contribution in [0.3, 0.4) is 0 Å². The number of guanidine groups is 1. The van der Waals surface area contributed by atoms with Gasteiger partial charge >= 0.3 is 0 Å². The number of carbonyl (C=O) groups excluding carboxylic acids is 1. The van der Waals surface area contributed by atoms with Crippen molar-refractivity contribution in [3.63, 3.8) is 0 Å². The van der Waals surface area contributed by atoms with Crippen LogP contribution in [0.25, 0.3) is 0 Å². The molecule has 29 heavy (non-hydrogen) atoms. The summed E-state index contributed by atoms with van der Waals surface area (Å²) in [6.45, 7) is 6.20. The Kier molecular flexibility index (Phi) is 11.0. The molecule has 0 saturated carbocycles. The summed E-state index contributed by atoms with van der Waals surface area (Å²) in [7, 11) is 1.73. The molecule has 0 atom stereocenters. The maximum Gasteiger partial charge on any atom is 0.252 e. The molecule has 1 aromatic heterocycles. The number of aliphatic imine (C=N–C) groups is 1. The van der Waals surface area contributed by atoms with Crippen molar-refractivity contribution in [2.45, 2.75) is 20.3 Å². The molecular formula is C21H29ClIN5O. The molecule has 0 aliphatic carbocycles. The van der Waals surface area contributed by atoms with Crippen molar-refractivity contribution in [3.05, 3.63) is 64.9 Å². The Balaban J connectivity index is 0.00000420. The molecule has 0 aliphatic rings. The molecule has 158 valence electrons. The summed E-state index contributed by atoms with van der Waals surface area (Å²) in [6.07, 6.45) is 4.09. The molecule has 1 amide bonds. The van der Waals surface area contributed by atoms with Gasteiger partial charge in [-0.15, -0.1) is 24.0 Å². The average Bonchev–Trinajstić information content (AvgIpc) is 2.67. The fourth-order valence-corrected chi connectivity index (χ4v) is 2.97. The lowest BCUT2D eigenvalue weighted by atomic mass is 9.86. The summed E-state index contributed by atoms with van der Waals surface area (Å²) in [5, 5.41) is 10.2. The highest BCUT2D eigenvalue weighted by atomic mass is 127. The molecule has 3 N–H and O–H groups in total. The largest absolute Gasteiger partial charge is 0.356 e. The average molecular weight is 530 g/mol. The van der Waals surface area contributed by atoms with Crippen molar-refractivity contribution in [1.29, 1.82) is 0 Å². The van der Waals surface area contributed by atoms with E-state index in [9.17, 15) is 4.79 Å². The monoisotopic (exact) mass is 529 g/mol. The van der Waals surface area contributed by atoms with Crippen LogP contribution >= 0.6 is 35.6 Å². The number of nitrogens with zero attached hydrogens (tertiary/aromatic N) is 2. The first kappa shape index (κ1) is 25.2. The number of amides is 1. The van der Waals surface area contributed by atoms with E-state index in [2.05, 4.69) is 45.8 Å². The number of halogens is 2. The predicted octanol–water partition coefficient (Wildman–Crippen LogP) is 3.52. The van der Waals surface area contributed by atoms with Gasteiger partial charge in [-0.25, -0.2) is 0 Å². The highest BCUT2D eigenvalue weighted by molar-refractivity contribution is 14.0. The van der Waals surface area contributed by atoms with E-state index in [0.717, 1.165) is 18.0 Å². The second kappa shape index (κ2) is 12.6. The number of benzene rings is 1. The van der Waals surface area contributed by atoms with Gasteiger partial charge in [0.05, 0.1) is 5.56 Å². The van der Waals surface area contributed by atoms with Crippen LogP contribution in [0.15, 0.2) is 53.8 Å². The lowest BCUT2D eigenvalue weighted by Gasteiger charge is -2.26. The number of hydrogen-bond donors (Lipinski definition) is 3. The van der Waals surface area contributed by atoms with Crippen LogP contribution in [0.2, 0.25) is 5.02 Å². The molecule has 2 aromatic rings. The SMILES string of the molecule is CN=C(NCCNC(=O)c1cccnc1)NCC(C)(C)Cc1cccc(Cl)c1.I. The van der Waals surface area contributed by atoms with Crippen molar-refractivity contribution in [2.24, 2.45) is 10.4 Å². The Labute approximate surface area is 195 Å². The zero-order chi connectivity index (χ0) is 20.4. The van der Waals surface area contributed by atoms with Crippen LogP contribution in [0.1, 0.15) is 29.8 Å². The van der Waals surface area contributed by atoms with E-state index in [1.165, 1.54) is 5.56 Å². The van der Waals surface area contributed by atoms with E-state index in [1.54, 1.807) is 31.6 Å². The van der Waals surface area contributed by atoms with Crippen LogP contribution in [0.5, 0.6) is 0 Å². The lowest BCUT2D eigenvalue weighted by molar-refractivity contribution is 0.0954. The van der Waals surface area contributed by atoms with Crippen molar-refractivity contribution >= 4 is 47.4 Å². The second-order valence-corrected chi connectivity index (χ2v) is 7.76. The van der Waals surface area contributed by atoms with E-state index in [1.807, 2.05) is 18.2 Å². The molecule has 0 saturated heterocycles. The highest BCUT2D eigenvalue weighted by Crippen LogP contribution is 2.22. The van der Waals surface area contributed by atoms with Crippen molar-refractivity contribution in [1.82, 2.24) is 20.9 Å². The number of nitrogens with one attached hydrogen (secondary N) is 3. The van der Waals surface area contributed by atoms with Gasteiger partial charge in [-0.05, 0) is 41.7 Å². The first-order valence-corrected chi connectivity index (χ1v) is 9.64. The van der Waals surface area contributed by atoms with Gasteiger partial charge in [-0.3, -0.25) is 14.8 Å². The summed E-state index contributed by atoms with van der Waals surface area (Å²) in [6, 6.07) is 11.4. The Hall–Kier alpha value is -1.87. The van der Waals surface area contributed by atoms with Crippen molar-refractivity contribution in [3.8, 4) is 0 Å². The van der Waals surface area contributed by atoms with Gasteiger partial charge in [0.25, 0.3) is 5.91 Å². The van der Waals surface area contributed by atoms with Gasteiger partial charge in [0, 0.05) is 44.1 Å². The molecule has 2 rings (SSSR count). The summed E-state index contributed by atoms with van der Waals surface area (Å²) in [5.41, 5.74) is 1.78. The maximum atomic E-state index is 12.0. The zero-order valence-corrected chi connectivity index (χ0v) is 20.1. The normalized spacial score (nSPS) is 11.4. The summed E-state index contributed by atoms with van der Waals surface area (Å²) >= 11 is 6.08. The standard InChI is InChI=1S/C21H28ClN5O.HI/c1-21(2,13-16-6-4-8-18(22)12-16)15-27-20(23-3)26-11-10-25-19(28)17-7-5-9-24-14-17;/h4-9,12,14H,10-11,13,15H2,1-3H3,(H,25,28)(H2,23,26,27);1H. The van der Waals surface area contributed by atoms with E-state index in [-0.39, 0.29) is 35.3 Å². The minimum Gasteiger partial charge on any atom is -0.356 e. The van der Waals surface area contributed by atoms with E-state index < -0.39 is 0 Å². The highest BCUT2D eigenvalue weighted by Gasteiger charge is 2.19. The minimum atomic E-state index is -0.138. The Morgan fingerprint density at radius 1 is 1.14 bits per heavy atom. The summed E-state index contributed by atoms with van der Waals surface area (Å²) < 4.78 is 0. The molecule has 0 unspecified atom stereocenters. The molecule has 0 bridgehead atoms. The van der Waals surface area contributed by atoms with Crippen molar-refractivity contribution in [2.75, 3.05) is 26.7 Å². The van der Waals surface area contributed by atoms with Gasteiger partial charge in [0.15, 0.2) is 5.96 Å². The molecule has 0 fully saturated rings. The summed E-state index contributed by atoms with van der Waals surface area (Å²) in [5.74, 6) is 0.565. The van der Waals surface area contributed by atoms with Crippen LogP contribution in [-0.2, 0) is 6.42 Å². The second-order valence-electron chi connectivity index (χ2n) is 7.32. The number of pyridine rings is 1. The fraction of sp³-hybridized carbons (Fsp3) is 0.381. The van der Waals surface area contributed by atoms with Gasteiger partial charge in [-0.2, -0.15) is 0 Å². The molecule has 0 aliphatic heterocycles. The number of rotatable bonds is 8. The molecule has 8 heteroatoms. The van der Waals surface area contributed by atoms with Crippen LogP contribution < -0.4 is 16.0 Å².